The molecule has 1 amide bonds. The van der Waals surface area contributed by atoms with E-state index in [1.165, 1.54) is 4.57 Å². The number of amides is 1. The van der Waals surface area contributed by atoms with Gasteiger partial charge in [0.2, 0.25) is 0 Å². The maximum atomic E-state index is 12.1. The minimum atomic E-state index is -0.238. The molecule has 0 atom stereocenters. The molecule has 0 aliphatic carbocycles. The number of hydrogen-bond acceptors (Lipinski definition) is 4. The van der Waals surface area contributed by atoms with Crippen molar-refractivity contribution in [1.82, 2.24) is 4.57 Å². The molecule has 0 saturated heterocycles. The molecule has 0 saturated carbocycles. The molecular weight excluding hydrogens is 280 g/mol. The van der Waals surface area contributed by atoms with Crippen molar-refractivity contribution in [2.24, 2.45) is 7.05 Å². The van der Waals surface area contributed by atoms with Crippen LogP contribution in [0.2, 0.25) is 0 Å². The Bertz CT molecular complexity index is 674. The van der Waals surface area contributed by atoms with Crippen molar-refractivity contribution in [3.05, 3.63) is 44.5 Å². The largest absolute Gasteiger partial charge is 0.321 e. The Morgan fingerprint density at radius 3 is 2.74 bits per heavy atom. The van der Waals surface area contributed by atoms with Gasteiger partial charge in [-0.2, -0.15) is 0 Å². The molecule has 0 bridgehead atoms. The molecule has 19 heavy (non-hydrogen) atoms. The standard InChI is InChI=1S/C13H14N2O2S2/c1-8-11(19-13(17)15(8)2)12(16)14-9-5-4-6-10(7-9)18-3/h4-7H,1-3H3,(H,14,16). The zero-order valence-corrected chi connectivity index (χ0v) is 12.5. The molecule has 0 radical (unpaired) electrons. The van der Waals surface area contributed by atoms with Crippen molar-refractivity contribution in [3.63, 3.8) is 0 Å². The lowest BCUT2D eigenvalue weighted by Gasteiger charge is -2.06. The average Bonchev–Trinajstić information content (AvgIpc) is 2.67. The lowest BCUT2D eigenvalue weighted by atomic mass is 10.3. The minimum absolute atomic E-state index is 0.125. The number of hydrogen-bond donors (Lipinski definition) is 1. The highest BCUT2D eigenvalue weighted by Crippen LogP contribution is 2.20. The maximum Gasteiger partial charge on any atom is 0.307 e. The van der Waals surface area contributed by atoms with Gasteiger partial charge in [0.05, 0.1) is 0 Å². The zero-order valence-electron chi connectivity index (χ0n) is 10.9. The molecule has 4 nitrogen and oxygen atoms in total. The Balaban J connectivity index is 2.25. The van der Waals surface area contributed by atoms with E-state index in [1.807, 2.05) is 30.5 Å². The summed E-state index contributed by atoms with van der Waals surface area (Å²) < 4.78 is 1.48. The number of benzene rings is 1. The van der Waals surface area contributed by atoms with Gasteiger partial charge in [0.25, 0.3) is 5.91 Å². The van der Waals surface area contributed by atoms with Gasteiger partial charge in [0.15, 0.2) is 0 Å². The van der Waals surface area contributed by atoms with Crippen molar-refractivity contribution in [1.29, 1.82) is 0 Å². The van der Waals surface area contributed by atoms with Crippen LogP contribution in [0.15, 0.2) is 34.0 Å². The van der Waals surface area contributed by atoms with Gasteiger partial charge in [-0.05, 0) is 31.4 Å². The van der Waals surface area contributed by atoms with E-state index in [-0.39, 0.29) is 10.8 Å². The van der Waals surface area contributed by atoms with Crippen molar-refractivity contribution in [3.8, 4) is 0 Å². The first kappa shape index (κ1) is 13.9. The third-order valence-electron chi connectivity index (χ3n) is 2.83. The monoisotopic (exact) mass is 294 g/mol. The van der Waals surface area contributed by atoms with Gasteiger partial charge in [-0.1, -0.05) is 17.4 Å². The molecule has 1 aromatic heterocycles. The first-order valence-corrected chi connectivity index (χ1v) is 7.69. The molecule has 100 valence electrons. The van der Waals surface area contributed by atoms with Gasteiger partial charge >= 0.3 is 4.87 Å². The van der Waals surface area contributed by atoms with Crippen LogP contribution in [0.3, 0.4) is 0 Å². The molecule has 1 N–H and O–H groups in total. The van der Waals surface area contributed by atoms with Crippen LogP contribution >= 0.6 is 23.1 Å². The Hall–Kier alpha value is -1.53. The Morgan fingerprint density at radius 1 is 1.42 bits per heavy atom. The second-order valence-electron chi connectivity index (χ2n) is 4.03. The minimum Gasteiger partial charge on any atom is -0.321 e. The number of thiazole rings is 1. The van der Waals surface area contributed by atoms with Crippen LogP contribution in [0, 0.1) is 6.92 Å². The van der Waals surface area contributed by atoms with Crippen LogP contribution in [0.1, 0.15) is 15.4 Å². The van der Waals surface area contributed by atoms with E-state index in [0.29, 0.717) is 10.6 Å². The van der Waals surface area contributed by atoms with E-state index in [0.717, 1.165) is 21.9 Å². The second kappa shape index (κ2) is 5.63. The number of aromatic nitrogens is 1. The van der Waals surface area contributed by atoms with Gasteiger partial charge in [-0.25, -0.2) is 0 Å². The fraction of sp³-hybridized carbons (Fsp3) is 0.231. The zero-order chi connectivity index (χ0) is 14.0. The first-order chi connectivity index (χ1) is 9.02. The predicted octanol–water partition coefficient (Wildman–Crippen LogP) is 2.73. The van der Waals surface area contributed by atoms with Crippen LogP contribution in [0.5, 0.6) is 0 Å². The van der Waals surface area contributed by atoms with Crippen molar-refractivity contribution in [2.75, 3.05) is 11.6 Å². The number of thioether (sulfide) groups is 1. The lowest BCUT2D eigenvalue weighted by Crippen LogP contribution is -2.12. The summed E-state index contributed by atoms with van der Waals surface area (Å²) in [7, 11) is 1.67. The molecule has 0 aliphatic heterocycles. The van der Waals surface area contributed by atoms with E-state index in [2.05, 4.69) is 5.32 Å². The van der Waals surface area contributed by atoms with E-state index >= 15 is 0 Å². The number of anilines is 1. The lowest BCUT2D eigenvalue weighted by molar-refractivity contribution is 0.102. The number of carbonyl (C=O) groups excluding carboxylic acids is 1. The summed E-state index contributed by atoms with van der Waals surface area (Å²) in [6.45, 7) is 1.77. The Morgan fingerprint density at radius 2 is 2.16 bits per heavy atom. The van der Waals surface area contributed by atoms with Gasteiger partial charge < -0.3 is 9.88 Å². The number of rotatable bonds is 3. The topological polar surface area (TPSA) is 51.1 Å². The fourth-order valence-electron chi connectivity index (χ4n) is 1.62. The molecule has 0 aliphatic rings. The highest BCUT2D eigenvalue weighted by molar-refractivity contribution is 7.98. The van der Waals surface area contributed by atoms with Gasteiger partial charge in [0.1, 0.15) is 4.88 Å². The highest BCUT2D eigenvalue weighted by atomic mass is 32.2. The van der Waals surface area contributed by atoms with E-state index in [9.17, 15) is 9.59 Å². The highest BCUT2D eigenvalue weighted by Gasteiger charge is 2.15. The second-order valence-corrected chi connectivity index (χ2v) is 5.87. The van der Waals surface area contributed by atoms with Crippen LogP contribution in [-0.4, -0.2) is 16.7 Å². The van der Waals surface area contributed by atoms with Crippen LogP contribution in [0.25, 0.3) is 0 Å². The number of nitrogens with zero attached hydrogens (tertiary/aromatic N) is 1. The van der Waals surface area contributed by atoms with E-state index in [4.69, 9.17) is 0 Å². The van der Waals surface area contributed by atoms with Crippen molar-refractivity contribution < 1.29 is 4.79 Å². The number of carbonyl (C=O) groups is 1. The molecule has 6 heteroatoms. The number of nitrogens with one attached hydrogen (secondary N) is 1. The molecule has 0 fully saturated rings. The summed E-state index contributed by atoms with van der Waals surface area (Å²) in [5.41, 5.74) is 1.42. The average molecular weight is 294 g/mol. The summed E-state index contributed by atoms with van der Waals surface area (Å²) in [4.78, 5) is 25.1. The van der Waals surface area contributed by atoms with Gasteiger partial charge in [0, 0.05) is 23.3 Å². The van der Waals surface area contributed by atoms with Crippen molar-refractivity contribution in [2.45, 2.75) is 11.8 Å². The predicted molar refractivity (Wildman–Crippen MR) is 80.5 cm³/mol. The molecule has 2 aromatic rings. The maximum absolute atomic E-state index is 12.1. The molecule has 1 heterocycles. The third-order valence-corrected chi connectivity index (χ3v) is 4.69. The summed E-state index contributed by atoms with van der Waals surface area (Å²) in [5, 5.41) is 2.82. The summed E-state index contributed by atoms with van der Waals surface area (Å²) in [6, 6.07) is 7.61. The Kier molecular flexibility index (Phi) is 4.11. The molecule has 1 aromatic carbocycles. The summed E-state index contributed by atoms with van der Waals surface area (Å²) in [6.07, 6.45) is 1.98. The van der Waals surface area contributed by atoms with Crippen LogP contribution < -0.4 is 10.2 Å². The SMILES string of the molecule is CSc1cccc(NC(=O)c2sc(=O)n(C)c2C)c1. The quantitative estimate of drug-likeness (QED) is 0.886. The fourth-order valence-corrected chi connectivity index (χ4v) is 2.95. The van der Waals surface area contributed by atoms with Crippen LogP contribution in [-0.2, 0) is 7.05 Å². The van der Waals surface area contributed by atoms with E-state index in [1.54, 1.807) is 25.7 Å². The first-order valence-electron chi connectivity index (χ1n) is 5.64. The van der Waals surface area contributed by atoms with Gasteiger partial charge in [-0.15, -0.1) is 11.8 Å². The molecular formula is C13H14N2O2S2. The molecule has 0 spiro atoms. The Labute approximate surface area is 119 Å². The molecule has 0 unspecified atom stereocenters. The van der Waals surface area contributed by atoms with Crippen LogP contribution in [0.4, 0.5) is 5.69 Å². The third kappa shape index (κ3) is 2.90. The smallest absolute Gasteiger partial charge is 0.307 e. The summed E-state index contributed by atoms with van der Waals surface area (Å²) in [5.74, 6) is -0.238. The summed E-state index contributed by atoms with van der Waals surface area (Å²) >= 11 is 2.58. The van der Waals surface area contributed by atoms with E-state index < -0.39 is 0 Å². The van der Waals surface area contributed by atoms with Gasteiger partial charge in [-0.3, -0.25) is 9.59 Å². The van der Waals surface area contributed by atoms with Crippen molar-refractivity contribution >= 4 is 34.7 Å². The normalized spacial score (nSPS) is 10.5. The molecule has 2 rings (SSSR count).